The molecule has 6 nitrogen and oxygen atoms in total. The van der Waals surface area contributed by atoms with E-state index in [1.807, 2.05) is 41.8 Å². The van der Waals surface area contributed by atoms with E-state index in [1.54, 1.807) is 20.3 Å². The van der Waals surface area contributed by atoms with E-state index in [-0.39, 0.29) is 5.91 Å². The number of aryl methyl sites for hydroxylation is 1. The molecule has 0 fully saturated rings. The minimum Gasteiger partial charge on any atom is -0.497 e. The molecule has 1 N–H and O–H groups in total. The molecule has 0 aliphatic carbocycles. The standard InChI is InChI=1S/C20H24N2O4/c1-14-10-17-19(26-14)12-18(20(23)21-8-5-9-24-2)22(17)13-15-6-4-7-16(11-15)25-3/h4,6-7,10-12H,5,8-9,13H2,1-3H3,(H,21,23). The van der Waals surface area contributed by atoms with Crippen molar-refractivity contribution in [3.05, 3.63) is 53.4 Å². The lowest BCUT2D eigenvalue weighted by molar-refractivity contribution is 0.0940. The van der Waals surface area contributed by atoms with E-state index in [0.29, 0.717) is 31.0 Å². The monoisotopic (exact) mass is 356 g/mol. The summed E-state index contributed by atoms with van der Waals surface area (Å²) in [4.78, 5) is 12.7. The molecule has 3 aromatic rings. The van der Waals surface area contributed by atoms with Gasteiger partial charge in [0.15, 0.2) is 5.58 Å². The van der Waals surface area contributed by atoms with E-state index >= 15 is 0 Å². The highest BCUT2D eigenvalue weighted by Gasteiger charge is 2.18. The van der Waals surface area contributed by atoms with E-state index in [1.165, 1.54) is 0 Å². The van der Waals surface area contributed by atoms with Crippen molar-refractivity contribution in [3.8, 4) is 5.75 Å². The van der Waals surface area contributed by atoms with Crippen molar-refractivity contribution in [2.75, 3.05) is 27.4 Å². The summed E-state index contributed by atoms with van der Waals surface area (Å²) in [6, 6.07) is 11.6. The summed E-state index contributed by atoms with van der Waals surface area (Å²) in [5.74, 6) is 1.49. The van der Waals surface area contributed by atoms with Crippen LogP contribution in [0.3, 0.4) is 0 Å². The second kappa shape index (κ2) is 8.10. The Morgan fingerprint density at radius 2 is 2.08 bits per heavy atom. The summed E-state index contributed by atoms with van der Waals surface area (Å²) >= 11 is 0. The number of nitrogens with zero attached hydrogens (tertiary/aromatic N) is 1. The molecule has 0 saturated carbocycles. The van der Waals surface area contributed by atoms with Gasteiger partial charge in [-0.15, -0.1) is 0 Å². The van der Waals surface area contributed by atoms with E-state index in [0.717, 1.165) is 29.0 Å². The summed E-state index contributed by atoms with van der Waals surface area (Å²) in [6.07, 6.45) is 0.772. The zero-order valence-corrected chi connectivity index (χ0v) is 15.4. The van der Waals surface area contributed by atoms with Crippen LogP contribution in [0.1, 0.15) is 28.2 Å². The molecule has 138 valence electrons. The second-order valence-electron chi connectivity index (χ2n) is 6.18. The molecule has 0 spiro atoms. The van der Waals surface area contributed by atoms with Crippen LogP contribution in [0.4, 0.5) is 0 Å². The minimum atomic E-state index is -0.118. The van der Waals surface area contributed by atoms with Crippen molar-refractivity contribution in [3.63, 3.8) is 0 Å². The number of ether oxygens (including phenoxy) is 2. The fourth-order valence-electron chi connectivity index (χ4n) is 2.99. The average molecular weight is 356 g/mol. The van der Waals surface area contributed by atoms with Gasteiger partial charge in [-0.3, -0.25) is 4.79 Å². The van der Waals surface area contributed by atoms with Crippen LogP contribution < -0.4 is 10.1 Å². The topological polar surface area (TPSA) is 65.6 Å². The molecule has 0 unspecified atom stereocenters. The molecule has 26 heavy (non-hydrogen) atoms. The Kier molecular flexibility index (Phi) is 5.63. The van der Waals surface area contributed by atoms with Crippen LogP contribution in [0.2, 0.25) is 0 Å². The second-order valence-corrected chi connectivity index (χ2v) is 6.18. The average Bonchev–Trinajstić information content (AvgIpc) is 3.16. The van der Waals surface area contributed by atoms with E-state index < -0.39 is 0 Å². The Bertz CT molecular complexity index is 894. The number of nitrogens with one attached hydrogen (secondary N) is 1. The van der Waals surface area contributed by atoms with Gasteiger partial charge in [-0.05, 0) is 31.0 Å². The zero-order chi connectivity index (χ0) is 18.5. The van der Waals surface area contributed by atoms with Crippen molar-refractivity contribution in [1.29, 1.82) is 0 Å². The minimum absolute atomic E-state index is 0.118. The molecule has 6 heteroatoms. The van der Waals surface area contributed by atoms with Crippen molar-refractivity contribution in [2.24, 2.45) is 0 Å². The number of amides is 1. The van der Waals surface area contributed by atoms with E-state index in [9.17, 15) is 4.79 Å². The Labute approximate surface area is 152 Å². The van der Waals surface area contributed by atoms with Gasteiger partial charge in [-0.25, -0.2) is 0 Å². The fourth-order valence-corrected chi connectivity index (χ4v) is 2.99. The predicted octanol–water partition coefficient (Wildman–Crippen LogP) is 3.37. The summed E-state index contributed by atoms with van der Waals surface area (Å²) in [5, 5.41) is 2.94. The van der Waals surface area contributed by atoms with Crippen LogP contribution in [-0.2, 0) is 11.3 Å². The van der Waals surface area contributed by atoms with Gasteiger partial charge in [0.1, 0.15) is 17.2 Å². The van der Waals surface area contributed by atoms with Gasteiger partial charge in [0.05, 0.1) is 12.6 Å². The van der Waals surface area contributed by atoms with Gasteiger partial charge in [-0.2, -0.15) is 0 Å². The van der Waals surface area contributed by atoms with Crippen LogP contribution in [0.15, 0.2) is 40.8 Å². The first-order chi connectivity index (χ1) is 12.6. The van der Waals surface area contributed by atoms with Gasteiger partial charge < -0.3 is 23.8 Å². The maximum atomic E-state index is 12.7. The molecule has 2 aromatic heterocycles. The Hall–Kier alpha value is -2.73. The molecule has 0 aliphatic rings. The van der Waals surface area contributed by atoms with Gasteiger partial charge in [0.25, 0.3) is 5.91 Å². The summed E-state index contributed by atoms with van der Waals surface area (Å²) in [5.41, 5.74) is 3.26. The summed E-state index contributed by atoms with van der Waals surface area (Å²) in [6.45, 7) is 3.64. The number of benzene rings is 1. The number of carbonyl (C=O) groups is 1. The largest absolute Gasteiger partial charge is 0.497 e. The van der Waals surface area contributed by atoms with Crippen molar-refractivity contribution >= 4 is 17.0 Å². The summed E-state index contributed by atoms with van der Waals surface area (Å²) in [7, 11) is 3.29. The predicted molar refractivity (Wildman–Crippen MR) is 99.9 cm³/mol. The number of hydrogen-bond donors (Lipinski definition) is 1. The van der Waals surface area contributed by atoms with Gasteiger partial charge in [0, 0.05) is 38.9 Å². The number of methoxy groups -OCH3 is 2. The third-order valence-corrected chi connectivity index (χ3v) is 4.23. The smallest absolute Gasteiger partial charge is 0.268 e. The summed E-state index contributed by atoms with van der Waals surface area (Å²) < 4.78 is 18.0. The third-order valence-electron chi connectivity index (χ3n) is 4.23. The molecule has 0 saturated heterocycles. The fraction of sp³-hybridized carbons (Fsp3) is 0.350. The highest BCUT2D eigenvalue weighted by Crippen LogP contribution is 2.25. The lowest BCUT2D eigenvalue weighted by atomic mass is 10.2. The molecule has 3 rings (SSSR count). The molecule has 1 aromatic carbocycles. The van der Waals surface area contributed by atoms with Crippen molar-refractivity contribution in [1.82, 2.24) is 9.88 Å². The van der Waals surface area contributed by atoms with Crippen LogP contribution in [0.25, 0.3) is 11.1 Å². The molecule has 1 amide bonds. The van der Waals surface area contributed by atoms with Crippen LogP contribution in [-0.4, -0.2) is 37.8 Å². The molecule has 2 heterocycles. The molecule has 0 aliphatic heterocycles. The highest BCUT2D eigenvalue weighted by atomic mass is 16.5. The lowest BCUT2D eigenvalue weighted by Gasteiger charge is -2.11. The molecule has 0 bridgehead atoms. The van der Waals surface area contributed by atoms with E-state index in [2.05, 4.69) is 5.32 Å². The SMILES string of the molecule is COCCCNC(=O)c1cc2oc(C)cc2n1Cc1cccc(OC)c1. The number of furan rings is 1. The molecule has 0 atom stereocenters. The van der Waals surface area contributed by atoms with Crippen LogP contribution in [0, 0.1) is 6.92 Å². The van der Waals surface area contributed by atoms with Crippen LogP contribution >= 0.6 is 0 Å². The molecule has 0 radical (unpaired) electrons. The number of aromatic nitrogens is 1. The number of rotatable bonds is 8. The first-order valence-corrected chi connectivity index (χ1v) is 8.62. The number of carbonyl (C=O) groups excluding carboxylic acids is 1. The van der Waals surface area contributed by atoms with Crippen molar-refractivity contribution < 1.29 is 18.7 Å². The number of hydrogen-bond acceptors (Lipinski definition) is 4. The molecular weight excluding hydrogens is 332 g/mol. The zero-order valence-electron chi connectivity index (χ0n) is 15.4. The van der Waals surface area contributed by atoms with Gasteiger partial charge in [0.2, 0.25) is 0 Å². The van der Waals surface area contributed by atoms with Crippen LogP contribution in [0.5, 0.6) is 5.75 Å². The first-order valence-electron chi connectivity index (χ1n) is 8.62. The normalized spacial score (nSPS) is 11.0. The Balaban J connectivity index is 1.89. The first kappa shape index (κ1) is 18.1. The maximum Gasteiger partial charge on any atom is 0.268 e. The van der Waals surface area contributed by atoms with Gasteiger partial charge >= 0.3 is 0 Å². The molecular formula is C20H24N2O4. The Morgan fingerprint density at radius 3 is 2.85 bits per heavy atom. The third kappa shape index (κ3) is 3.91. The van der Waals surface area contributed by atoms with Crippen molar-refractivity contribution in [2.45, 2.75) is 19.9 Å². The highest BCUT2D eigenvalue weighted by molar-refractivity contribution is 5.97. The number of fused-ring (bicyclic) bond motifs is 1. The lowest BCUT2D eigenvalue weighted by Crippen LogP contribution is -2.27. The van der Waals surface area contributed by atoms with E-state index in [4.69, 9.17) is 13.9 Å². The maximum absolute atomic E-state index is 12.7. The Morgan fingerprint density at radius 1 is 1.23 bits per heavy atom. The quantitative estimate of drug-likeness (QED) is 0.629. The van der Waals surface area contributed by atoms with Gasteiger partial charge in [-0.1, -0.05) is 12.1 Å².